The van der Waals surface area contributed by atoms with Crippen molar-refractivity contribution in [3.05, 3.63) is 70.5 Å². The summed E-state index contributed by atoms with van der Waals surface area (Å²) in [4.78, 5) is 19.5. The van der Waals surface area contributed by atoms with Crippen LogP contribution in [0.5, 0.6) is 5.75 Å². The van der Waals surface area contributed by atoms with E-state index in [1.165, 1.54) is 0 Å². The summed E-state index contributed by atoms with van der Waals surface area (Å²) in [6.07, 6.45) is 0. The van der Waals surface area contributed by atoms with E-state index in [1.54, 1.807) is 31.2 Å². The van der Waals surface area contributed by atoms with Crippen LogP contribution < -0.4 is 5.56 Å². The van der Waals surface area contributed by atoms with E-state index < -0.39 is 0 Å². The Balaban J connectivity index is 2.19. The number of aromatic hydroxyl groups is 1. The van der Waals surface area contributed by atoms with Crippen LogP contribution in [-0.2, 0) is 0 Å². The van der Waals surface area contributed by atoms with Gasteiger partial charge in [-0.1, -0.05) is 30.3 Å². The Morgan fingerprint density at radius 2 is 1.62 bits per heavy atom. The summed E-state index contributed by atoms with van der Waals surface area (Å²) in [6.45, 7) is 1.76. The number of hydrogen-bond acceptors (Lipinski definition) is 3. The van der Waals surface area contributed by atoms with Gasteiger partial charge in [-0.2, -0.15) is 0 Å². The van der Waals surface area contributed by atoms with Crippen molar-refractivity contribution >= 4 is 0 Å². The fourth-order valence-electron chi connectivity index (χ4n) is 2.17. The summed E-state index contributed by atoms with van der Waals surface area (Å²) >= 11 is 0. The lowest BCUT2D eigenvalue weighted by molar-refractivity contribution is 0.475. The first kappa shape index (κ1) is 13.1. The van der Waals surface area contributed by atoms with Crippen molar-refractivity contribution in [3.63, 3.8) is 0 Å². The van der Waals surface area contributed by atoms with Crippen LogP contribution in [-0.4, -0.2) is 15.1 Å². The Labute approximate surface area is 121 Å². The van der Waals surface area contributed by atoms with E-state index in [0.29, 0.717) is 17.1 Å². The quantitative estimate of drug-likeness (QED) is 0.757. The second-order valence-electron chi connectivity index (χ2n) is 4.80. The molecule has 4 nitrogen and oxygen atoms in total. The van der Waals surface area contributed by atoms with Gasteiger partial charge in [-0.15, -0.1) is 0 Å². The maximum Gasteiger partial charge on any atom is 0.254 e. The number of H-pyrrole nitrogens is 1. The van der Waals surface area contributed by atoms with Crippen LogP contribution in [0.15, 0.2) is 59.4 Å². The third kappa shape index (κ3) is 2.56. The number of phenolic OH excluding ortho intramolecular Hbond substituents is 1. The molecule has 1 heterocycles. The second kappa shape index (κ2) is 5.25. The van der Waals surface area contributed by atoms with Gasteiger partial charge in [0.05, 0.1) is 5.69 Å². The van der Waals surface area contributed by atoms with Gasteiger partial charge in [-0.3, -0.25) is 4.79 Å². The van der Waals surface area contributed by atoms with Gasteiger partial charge in [0, 0.05) is 16.7 Å². The SMILES string of the molecule is Cc1c(-c2ccccc2)nc(-c2ccc(O)cc2)[nH]c1=O. The minimum atomic E-state index is -0.160. The molecule has 21 heavy (non-hydrogen) atoms. The molecule has 0 fully saturated rings. The van der Waals surface area contributed by atoms with E-state index in [-0.39, 0.29) is 11.3 Å². The van der Waals surface area contributed by atoms with Crippen molar-refractivity contribution in [1.82, 2.24) is 9.97 Å². The van der Waals surface area contributed by atoms with E-state index in [4.69, 9.17) is 0 Å². The zero-order chi connectivity index (χ0) is 14.8. The average molecular weight is 278 g/mol. The summed E-state index contributed by atoms with van der Waals surface area (Å²) in [5, 5.41) is 9.34. The molecule has 2 aromatic carbocycles. The summed E-state index contributed by atoms with van der Waals surface area (Å²) in [5.41, 5.74) is 2.75. The van der Waals surface area contributed by atoms with Crippen molar-refractivity contribution < 1.29 is 5.11 Å². The van der Waals surface area contributed by atoms with E-state index >= 15 is 0 Å². The Hall–Kier alpha value is -2.88. The molecule has 2 N–H and O–H groups in total. The minimum Gasteiger partial charge on any atom is -0.508 e. The molecule has 0 saturated carbocycles. The van der Waals surface area contributed by atoms with Crippen LogP contribution in [0.4, 0.5) is 0 Å². The molecular formula is C17H14N2O2. The lowest BCUT2D eigenvalue weighted by Crippen LogP contribution is -2.14. The lowest BCUT2D eigenvalue weighted by Gasteiger charge is -2.08. The van der Waals surface area contributed by atoms with Crippen LogP contribution >= 0.6 is 0 Å². The third-order valence-electron chi connectivity index (χ3n) is 3.34. The minimum absolute atomic E-state index is 0.160. The van der Waals surface area contributed by atoms with E-state index in [1.807, 2.05) is 30.3 Å². The van der Waals surface area contributed by atoms with Crippen LogP contribution in [0.25, 0.3) is 22.6 Å². The van der Waals surface area contributed by atoms with E-state index in [2.05, 4.69) is 9.97 Å². The number of nitrogens with zero attached hydrogens (tertiary/aromatic N) is 1. The molecule has 0 bridgehead atoms. The first-order valence-corrected chi connectivity index (χ1v) is 6.61. The Morgan fingerprint density at radius 3 is 2.29 bits per heavy atom. The van der Waals surface area contributed by atoms with E-state index in [9.17, 15) is 9.90 Å². The number of benzene rings is 2. The highest BCUT2D eigenvalue weighted by molar-refractivity contribution is 5.66. The van der Waals surface area contributed by atoms with Crippen LogP contribution in [0.3, 0.4) is 0 Å². The molecular weight excluding hydrogens is 264 g/mol. The van der Waals surface area contributed by atoms with Gasteiger partial charge in [0.15, 0.2) is 0 Å². The predicted octanol–water partition coefficient (Wildman–Crippen LogP) is 3.12. The van der Waals surface area contributed by atoms with Gasteiger partial charge < -0.3 is 10.1 Å². The summed E-state index contributed by atoms with van der Waals surface area (Å²) in [7, 11) is 0. The smallest absolute Gasteiger partial charge is 0.254 e. The van der Waals surface area contributed by atoms with Gasteiger partial charge in [-0.05, 0) is 31.2 Å². The standard InChI is InChI=1S/C17H14N2O2/c1-11-15(12-5-3-2-4-6-12)18-16(19-17(11)21)13-7-9-14(20)10-8-13/h2-10,20H,1H3,(H,18,19,21). The van der Waals surface area contributed by atoms with Gasteiger partial charge in [0.25, 0.3) is 5.56 Å². The predicted molar refractivity (Wildman–Crippen MR) is 82.1 cm³/mol. The molecule has 0 aliphatic rings. The number of nitrogens with one attached hydrogen (secondary N) is 1. The highest BCUT2D eigenvalue weighted by atomic mass is 16.3. The summed E-state index contributed by atoms with van der Waals surface area (Å²) in [6, 6.07) is 16.2. The molecule has 1 aromatic heterocycles. The molecule has 0 atom stereocenters. The lowest BCUT2D eigenvalue weighted by atomic mass is 10.1. The topological polar surface area (TPSA) is 66.0 Å². The average Bonchev–Trinajstić information content (AvgIpc) is 2.51. The largest absolute Gasteiger partial charge is 0.508 e. The van der Waals surface area contributed by atoms with Crippen molar-refractivity contribution in [3.8, 4) is 28.4 Å². The Bertz CT molecular complexity index is 822. The number of aromatic nitrogens is 2. The number of rotatable bonds is 2. The molecule has 0 spiro atoms. The maximum absolute atomic E-state index is 12.1. The van der Waals surface area contributed by atoms with Crippen LogP contribution in [0.2, 0.25) is 0 Å². The Morgan fingerprint density at radius 1 is 0.952 bits per heavy atom. The van der Waals surface area contributed by atoms with Gasteiger partial charge in [0.2, 0.25) is 0 Å². The molecule has 104 valence electrons. The maximum atomic E-state index is 12.1. The van der Waals surface area contributed by atoms with Crippen molar-refractivity contribution in [2.24, 2.45) is 0 Å². The highest BCUT2D eigenvalue weighted by Crippen LogP contribution is 2.23. The zero-order valence-electron chi connectivity index (χ0n) is 11.5. The van der Waals surface area contributed by atoms with Crippen LogP contribution in [0, 0.1) is 6.92 Å². The van der Waals surface area contributed by atoms with Gasteiger partial charge in [0.1, 0.15) is 11.6 Å². The first-order chi connectivity index (χ1) is 10.1. The molecule has 0 unspecified atom stereocenters. The second-order valence-corrected chi connectivity index (χ2v) is 4.80. The number of hydrogen-bond donors (Lipinski definition) is 2. The van der Waals surface area contributed by atoms with Gasteiger partial charge in [-0.25, -0.2) is 4.98 Å². The fourth-order valence-corrected chi connectivity index (χ4v) is 2.17. The van der Waals surface area contributed by atoms with Crippen molar-refractivity contribution in [1.29, 1.82) is 0 Å². The van der Waals surface area contributed by atoms with Crippen LogP contribution in [0.1, 0.15) is 5.56 Å². The molecule has 4 heteroatoms. The summed E-state index contributed by atoms with van der Waals surface area (Å²) < 4.78 is 0. The number of aromatic amines is 1. The van der Waals surface area contributed by atoms with Gasteiger partial charge >= 0.3 is 0 Å². The fraction of sp³-hybridized carbons (Fsp3) is 0.0588. The molecule has 0 aliphatic carbocycles. The molecule has 3 rings (SSSR count). The van der Waals surface area contributed by atoms with Crippen molar-refractivity contribution in [2.75, 3.05) is 0 Å². The Kier molecular flexibility index (Phi) is 3.28. The zero-order valence-corrected chi connectivity index (χ0v) is 11.5. The summed E-state index contributed by atoms with van der Waals surface area (Å²) in [5.74, 6) is 0.668. The normalized spacial score (nSPS) is 10.5. The molecule has 0 saturated heterocycles. The monoisotopic (exact) mass is 278 g/mol. The molecule has 3 aromatic rings. The third-order valence-corrected chi connectivity index (χ3v) is 3.34. The molecule has 0 aliphatic heterocycles. The molecule has 0 amide bonds. The van der Waals surface area contributed by atoms with Crippen molar-refractivity contribution in [2.45, 2.75) is 6.92 Å². The molecule has 0 radical (unpaired) electrons. The highest BCUT2D eigenvalue weighted by Gasteiger charge is 2.10. The van der Waals surface area contributed by atoms with E-state index in [0.717, 1.165) is 11.1 Å². The first-order valence-electron chi connectivity index (χ1n) is 6.61. The number of phenols is 1.